The molecule has 3 nitrogen and oxygen atoms in total. The number of rotatable bonds is 1. The molecule has 1 fully saturated rings. The third kappa shape index (κ3) is 1.18. The van der Waals surface area contributed by atoms with Gasteiger partial charge in [-0.2, -0.15) is 0 Å². The average molecular weight is 187 g/mol. The molecule has 1 aliphatic rings. The molecule has 2 N–H and O–H groups in total. The maximum Gasteiger partial charge on any atom is 0.186 e. The van der Waals surface area contributed by atoms with Gasteiger partial charge in [-0.1, -0.05) is 29.6 Å². The summed E-state index contributed by atoms with van der Waals surface area (Å²) in [4.78, 5) is 0. The van der Waals surface area contributed by atoms with Crippen LogP contribution in [0.5, 0.6) is 0 Å². The quantitative estimate of drug-likeness (QED) is 0.734. The van der Waals surface area contributed by atoms with E-state index < -0.39 is 0 Å². The molecule has 0 radical (unpaired) electrons. The van der Waals surface area contributed by atoms with Gasteiger partial charge in [-0.15, -0.1) is 0 Å². The summed E-state index contributed by atoms with van der Waals surface area (Å²) in [5.41, 5.74) is 5.47. The highest BCUT2D eigenvalue weighted by molar-refractivity contribution is 6.33. The predicted molar refractivity (Wildman–Crippen MR) is 47.1 cm³/mol. The second kappa shape index (κ2) is 2.98. The van der Waals surface area contributed by atoms with Crippen LogP contribution in [-0.4, -0.2) is 5.16 Å². The van der Waals surface area contributed by atoms with Crippen LogP contribution >= 0.6 is 11.6 Å². The Morgan fingerprint density at radius 1 is 1.42 bits per heavy atom. The lowest BCUT2D eigenvalue weighted by Gasteiger charge is -2.02. The molecule has 1 aromatic rings. The monoisotopic (exact) mass is 186 g/mol. The Kier molecular flexibility index (Phi) is 1.97. The zero-order chi connectivity index (χ0) is 8.55. The molecule has 0 spiro atoms. The van der Waals surface area contributed by atoms with Gasteiger partial charge in [0, 0.05) is 5.92 Å². The zero-order valence-electron chi connectivity index (χ0n) is 6.72. The number of halogens is 1. The SMILES string of the molecule is Nc1noc(C2CCCC2)c1Cl. The van der Waals surface area contributed by atoms with Crippen molar-refractivity contribution in [2.45, 2.75) is 31.6 Å². The van der Waals surface area contributed by atoms with E-state index in [4.69, 9.17) is 21.9 Å². The molecule has 0 aliphatic heterocycles. The van der Waals surface area contributed by atoms with Gasteiger partial charge in [0.25, 0.3) is 0 Å². The van der Waals surface area contributed by atoms with Gasteiger partial charge < -0.3 is 10.3 Å². The van der Waals surface area contributed by atoms with Crippen LogP contribution in [0, 0.1) is 0 Å². The summed E-state index contributed by atoms with van der Waals surface area (Å²) < 4.78 is 5.07. The first-order valence-corrected chi connectivity index (χ1v) is 4.57. The third-order valence-electron chi connectivity index (χ3n) is 2.41. The number of nitrogens with zero attached hydrogens (tertiary/aromatic N) is 1. The van der Waals surface area contributed by atoms with Gasteiger partial charge in [0.15, 0.2) is 11.6 Å². The molecular formula is C8H11ClN2O. The average Bonchev–Trinajstić information content (AvgIpc) is 2.64. The van der Waals surface area contributed by atoms with E-state index in [0.29, 0.717) is 16.8 Å². The Hall–Kier alpha value is -0.700. The summed E-state index contributed by atoms with van der Waals surface area (Å²) in [7, 11) is 0. The topological polar surface area (TPSA) is 52.0 Å². The van der Waals surface area contributed by atoms with Crippen LogP contribution in [-0.2, 0) is 0 Å². The fourth-order valence-corrected chi connectivity index (χ4v) is 1.97. The second-order valence-electron chi connectivity index (χ2n) is 3.23. The number of nitrogen functional groups attached to an aromatic ring is 1. The van der Waals surface area contributed by atoms with Crippen LogP contribution in [0.15, 0.2) is 4.52 Å². The van der Waals surface area contributed by atoms with Gasteiger partial charge in [0.2, 0.25) is 0 Å². The fraction of sp³-hybridized carbons (Fsp3) is 0.625. The van der Waals surface area contributed by atoms with E-state index in [2.05, 4.69) is 5.16 Å². The summed E-state index contributed by atoms with van der Waals surface area (Å²) in [6.07, 6.45) is 4.80. The highest BCUT2D eigenvalue weighted by Crippen LogP contribution is 2.39. The van der Waals surface area contributed by atoms with Gasteiger partial charge in [-0.3, -0.25) is 0 Å². The Bertz CT molecular complexity index is 279. The molecule has 1 aliphatic carbocycles. The summed E-state index contributed by atoms with van der Waals surface area (Å²) in [6, 6.07) is 0. The largest absolute Gasteiger partial charge is 0.380 e. The fourth-order valence-electron chi connectivity index (χ4n) is 1.75. The maximum atomic E-state index is 5.91. The van der Waals surface area contributed by atoms with E-state index in [1.54, 1.807) is 0 Å². The molecule has 4 heteroatoms. The summed E-state index contributed by atoms with van der Waals surface area (Å²) >= 11 is 5.91. The van der Waals surface area contributed by atoms with E-state index in [9.17, 15) is 0 Å². The van der Waals surface area contributed by atoms with Crippen molar-refractivity contribution in [1.29, 1.82) is 0 Å². The van der Waals surface area contributed by atoms with E-state index in [-0.39, 0.29) is 0 Å². The van der Waals surface area contributed by atoms with Crippen molar-refractivity contribution in [3.05, 3.63) is 10.8 Å². The zero-order valence-corrected chi connectivity index (χ0v) is 7.47. The van der Waals surface area contributed by atoms with Crippen molar-refractivity contribution >= 4 is 17.4 Å². The van der Waals surface area contributed by atoms with Gasteiger partial charge in [0.1, 0.15) is 5.02 Å². The molecule has 1 heterocycles. The van der Waals surface area contributed by atoms with E-state index >= 15 is 0 Å². The van der Waals surface area contributed by atoms with Crippen LogP contribution in [0.25, 0.3) is 0 Å². The summed E-state index contributed by atoms with van der Waals surface area (Å²) in [5.74, 6) is 1.55. The van der Waals surface area contributed by atoms with Crippen molar-refractivity contribution in [2.24, 2.45) is 0 Å². The molecule has 66 valence electrons. The van der Waals surface area contributed by atoms with Gasteiger partial charge in [-0.05, 0) is 12.8 Å². The highest BCUT2D eigenvalue weighted by Gasteiger charge is 2.24. The standard InChI is InChI=1S/C8H11ClN2O/c9-6-7(12-11-8(6)10)5-3-1-2-4-5/h5H,1-4H2,(H2,10,11). The number of hydrogen-bond acceptors (Lipinski definition) is 3. The molecule has 2 rings (SSSR count). The van der Waals surface area contributed by atoms with Gasteiger partial charge in [0.05, 0.1) is 0 Å². The van der Waals surface area contributed by atoms with Crippen molar-refractivity contribution < 1.29 is 4.52 Å². The van der Waals surface area contributed by atoms with Crippen molar-refractivity contribution in [2.75, 3.05) is 5.73 Å². The van der Waals surface area contributed by atoms with Crippen molar-refractivity contribution in [1.82, 2.24) is 5.16 Å². The minimum atomic E-state index is 0.318. The summed E-state index contributed by atoms with van der Waals surface area (Å²) in [6.45, 7) is 0. The van der Waals surface area contributed by atoms with Crippen LogP contribution in [0.1, 0.15) is 37.4 Å². The number of anilines is 1. The summed E-state index contributed by atoms with van der Waals surface area (Å²) in [5, 5.41) is 4.15. The predicted octanol–water partition coefficient (Wildman–Crippen LogP) is 2.57. The Morgan fingerprint density at radius 3 is 2.58 bits per heavy atom. The van der Waals surface area contributed by atoms with E-state index in [1.165, 1.54) is 12.8 Å². The lowest BCUT2D eigenvalue weighted by Crippen LogP contribution is -1.90. The Morgan fingerprint density at radius 2 is 2.08 bits per heavy atom. The molecule has 1 saturated carbocycles. The number of aromatic nitrogens is 1. The lowest BCUT2D eigenvalue weighted by molar-refractivity contribution is 0.363. The molecule has 0 aromatic carbocycles. The first-order valence-electron chi connectivity index (χ1n) is 4.19. The minimum Gasteiger partial charge on any atom is -0.380 e. The molecule has 0 saturated heterocycles. The normalized spacial score (nSPS) is 18.8. The van der Waals surface area contributed by atoms with Gasteiger partial charge >= 0.3 is 0 Å². The van der Waals surface area contributed by atoms with E-state index in [1.807, 2.05) is 0 Å². The lowest BCUT2D eigenvalue weighted by atomic mass is 10.1. The van der Waals surface area contributed by atoms with Crippen molar-refractivity contribution in [3.8, 4) is 0 Å². The highest BCUT2D eigenvalue weighted by atomic mass is 35.5. The molecule has 0 unspecified atom stereocenters. The van der Waals surface area contributed by atoms with Crippen LogP contribution in [0.2, 0.25) is 5.02 Å². The molecule has 0 amide bonds. The van der Waals surface area contributed by atoms with Crippen LogP contribution < -0.4 is 5.73 Å². The van der Waals surface area contributed by atoms with Gasteiger partial charge in [-0.25, -0.2) is 0 Å². The van der Waals surface area contributed by atoms with Crippen LogP contribution in [0.3, 0.4) is 0 Å². The first-order chi connectivity index (χ1) is 5.79. The van der Waals surface area contributed by atoms with Crippen molar-refractivity contribution in [3.63, 3.8) is 0 Å². The Labute approximate surface area is 75.9 Å². The number of nitrogens with two attached hydrogens (primary N) is 1. The number of hydrogen-bond donors (Lipinski definition) is 1. The van der Waals surface area contributed by atoms with E-state index in [0.717, 1.165) is 18.6 Å². The van der Waals surface area contributed by atoms with Crippen LogP contribution in [0.4, 0.5) is 5.82 Å². The second-order valence-corrected chi connectivity index (χ2v) is 3.61. The Balaban J connectivity index is 2.26. The minimum absolute atomic E-state index is 0.318. The molecular weight excluding hydrogens is 176 g/mol. The molecule has 12 heavy (non-hydrogen) atoms. The maximum absolute atomic E-state index is 5.91. The third-order valence-corrected chi connectivity index (χ3v) is 2.79. The smallest absolute Gasteiger partial charge is 0.186 e. The molecule has 0 bridgehead atoms. The molecule has 1 aromatic heterocycles. The first kappa shape index (κ1) is 7.92. The molecule has 0 atom stereocenters.